The average molecular weight is 162 g/mol. The lowest BCUT2D eigenvalue weighted by Crippen LogP contribution is -2.25. The highest BCUT2D eigenvalue weighted by Crippen LogP contribution is 2.58. The molecule has 0 aromatic heterocycles. The minimum Gasteiger partial charge on any atom is -0.303 e. The van der Waals surface area contributed by atoms with Crippen molar-refractivity contribution in [3.63, 3.8) is 0 Å². The Morgan fingerprint density at radius 2 is 2.17 bits per heavy atom. The van der Waals surface area contributed by atoms with Crippen molar-refractivity contribution in [1.82, 2.24) is 0 Å². The Morgan fingerprint density at radius 1 is 1.25 bits per heavy atom. The molecule has 3 aliphatic carbocycles. The zero-order valence-corrected chi connectivity index (χ0v) is 7.15. The number of fused-ring (bicyclic) bond motifs is 5. The number of aldehydes is 1. The highest BCUT2D eigenvalue weighted by Gasteiger charge is 2.52. The molecule has 0 unspecified atom stereocenters. The molecular formula is C11H14O. The predicted molar refractivity (Wildman–Crippen MR) is 46.5 cm³/mol. The summed E-state index contributed by atoms with van der Waals surface area (Å²) < 4.78 is 0. The molecule has 0 spiro atoms. The highest BCUT2D eigenvalue weighted by atomic mass is 16.1. The summed E-state index contributed by atoms with van der Waals surface area (Å²) in [6.45, 7) is 0. The molecule has 1 nitrogen and oxygen atoms in total. The summed E-state index contributed by atoms with van der Waals surface area (Å²) in [5.74, 6) is 3.71. The third kappa shape index (κ3) is 0.675. The van der Waals surface area contributed by atoms with Gasteiger partial charge in [-0.2, -0.15) is 0 Å². The predicted octanol–water partition coefficient (Wildman–Crippen LogP) is 2.03. The Morgan fingerprint density at radius 3 is 3.00 bits per heavy atom. The van der Waals surface area contributed by atoms with Gasteiger partial charge in [0, 0.05) is 5.92 Å². The fourth-order valence-corrected chi connectivity index (χ4v) is 3.77. The molecule has 0 radical (unpaired) electrons. The number of carbonyl (C=O) groups excluding carboxylic acids is 1. The van der Waals surface area contributed by atoms with Crippen molar-refractivity contribution in [3.8, 4) is 0 Å². The van der Waals surface area contributed by atoms with E-state index in [9.17, 15) is 4.79 Å². The molecule has 2 bridgehead atoms. The van der Waals surface area contributed by atoms with Crippen molar-refractivity contribution >= 4 is 6.29 Å². The van der Waals surface area contributed by atoms with Crippen LogP contribution < -0.4 is 0 Å². The van der Waals surface area contributed by atoms with E-state index in [-0.39, 0.29) is 0 Å². The summed E-state index contributed by atoms with van der Waals surface area (Å²) >= 11 is 0. The number of hydrogen-bond acceptors (Lipinski definition) is 1. The fraction of sp³-hybridized carbons (Fsp3) is 0.727. The van der Waals surface area contributed by atoms with Gasteiger partial charge in [0.05, 0.1) is 0 Å². The third-order valence-corrected chi connectivity index (χ3v) is 4.23. The molecule has 64 valence electrons. The molecule has 12 heavy (non-hydrogen) atoms. The van der Waals surface area contributed by atoms with Crippen LogP contribution in [0.1, 0.15) is 19.3 Å². The van der Waals surface area contributed by atoms with Gasteiger partial charge in [0.1, 0.15) is 6.29 Å². The van der Waals surface area contributed by atoms with Crippen molar-refractivity contribution in [2.24, 2.45) is 29.6 Å². The second-order valence-electron chi connectivity index (χ2n) is 4.60. The van der Waals surface area contributed by atoms with E-state index in [1.54, 1.807) is 0 Å². The van der Waals surface area contributed by atoms with Gasteiger partial charge in [-0.25, -0.2) is 0 Å². The van der Waals surface area contributed by atoms with E-state index in [1.807, 2.05) is 0 Å². The van der Waals surface area contributed by atoms with E-state index in [0.717, 1.165) is 23.7 Å². The van der Waals surface area contributed by atoms with Crippen LogP contribution in [0, 0.1) is 29.6 Å². The Balaban J connectivity index is 1.90. The number of rotatable bonds is 1. The van der Waals surface area contributed by atoms with Crippen LogP contribution in [-0.4, -0.2) is 6.29 Å². The SMILES string of the molecule is O=C[C@@H]1C[C@@H]2C[C@H]1[C@@H]1CC=C[C@H]21. The quantitative estimate of drug-likeness (QED) is 0.426. The first kappa shape index (κ1) is 6.88. The van der Waals surface area contributed by atoms with Crippen LogP contribution in [0.2, 0.25) is 0 Å². The van der Waals surface area contributed by atoms with Crippen molar-refractivity contribution in [1.29, 1.82) is 0 Å². The maximum atomic E-state index is 10.8. The van der Waals surface area contributed by atoms with Crippen LogP contribution >= 0.6 is 0 Å². The van der Waals surface area contributed by atoms with Gasteiger partial charge in [0.2, 0.25) is 0 Å². The van der Waals surface area contributed by atoms with Gasteiger partial charge in [0.15, 0.2) is 0 Å². The molecule has 2 fully saturated rings. The first-order valence-electron chi connectivity index (χ1n) is 5.02. The minimum absolute atomic E-state index is 0.413. The minimum atomic E-state index is 0.413. The Bertz CT molecular complexity index is 243. The molecule has 0 heterocycles. The Kier molecular flexibility index (Phi) is 1.27. The van der Waals surface area contributed by atoms with Gasteiger partial charge >= 0.3 is 0 Å². The summed E-state index contributed by atoms with van der Waals surface area (Å²) in [4.78, 5) is 10.8. The number of carbonyl (C=O) groups is 1. The molecule has 0 N–H and O–H groups in total. The lowest BCUT2D eigenvalue weighted by molar-refractivity contribution is -0.113. The molecule has 2 saturated carbocycles. The zero-order valence-electron chi connectivity index (χ0n) is 7.15. The molecular weight excluding hydrogens is 148 g/mol. The third-order valence-electron chi connectivity index (χ3n) is 4.23. The van der Waals surface area contributed by atoms with Crippen LogP contribution in [0.3, 0.4) is 0 Å². The Labute approximate surface area is 72.8 Å². The summed E-state index contributed by atoms with van der Waals surface area (Å²) in [6, 6.07) is 0. The van der Waals surface area contributed by atoms with Crippen molar-refractivity contribution < 1.29 is 4.79 Å². The Hall–Kier alpha value is -0.590. The molecule has 1 heteroatoms. The van der Waals surface area contributed by atoms with E-state index in [4.69, 9.17) is 0 Å². The summed E-state index contributed by atoms with van der Waals surface area (Å²) in [7, 11) is 0. The maximum Gasteiger partial charge on any atom is 0.123 e. The van der Waals surface area contributed by atoms with Crippen LogP contribution in [-0.2, 0) is 4.79 Å². The molecule has 0 aromatic carbocycles. The summed E-state index contributed by atoms with van der Waals surface area (Å²) in [5, 5.41) is 0. The number of hydrogen-bond donors (Lipinski definition) is 0. The smallest absolute Gasteiger partial charge is 0.123 e. The largest absolute Gasteiger partial charge is 0.303 e. The van der Waals surface area contributed by atoms with Crippen LogP contribution in [0.5, 0.6) is 0 Å². The van der Waals surface area contributed by atoms with E-state index in [0.29, 0.717) is 5.92 Å². The van der Waals surface area contributed by atoms with E-state index >= 15 is 0 Å². The topological polar surface area (TPSA) is 17.1 Å². The van der Waals surface area contributed by atoms with Crippen LogP contribution in [0.25, 0.3) is 0 Å². The van der Waals surface area contributed by atoms with E-state index in [1.165, 1.54) is 25.5 Å². The molecule has 0 aromatic rings. The fourth-order valence-electron chi connectivity index (χ4n) is 3.77. The van der Waals surface area contributed by atoms with Crippen LogP contribution in [0.4, 0.5) is 0 Å². The standard InChI is InChI=1S/C11H14O/c12-6-8-4-7-5-11(8)10-3-1-2-9(7)10/h1-2,6-11H,3-5H2/t7-,8+,9-,10-,11-/m1/s1. The van der Waals surface area contributed by atoms with Gasteiger partial charge in [-0.3, -0.25) is 0 Å². The van der Waals surface area contributed by atoms with Crippen molar-refractivity contribution in [2.45, 2.75) is 19.3 Å². The lowest BCUT2D eigenvalue weighted by atomic mass is 9.76. The maximum absolute atomic E-state index is 10.8. The lowest BCUT2D eigenvalue weighted by Gasteiger charge is -2.27. The normalized spacial score (nSPS) is 54.5. The molecule has 0 saturated heterocycles. The first-order chi connectivity index (χ1) is 5.90. The monoisotopic (exact) mass is 162 g/mol. The molecule has 0 aliphatic heterocycles. The summed E-state index contributed by atoms with van der Waals surface area (Å²) in [5.41, 5.74) is 0. The van der Waals surface area contributed by atoms with Gasteiger partial charge in [-0.15, -0.1) is 0 Å². The second-order valence-corrected chi connectivity index (χ2v) is 4.60. The molecule has 0 amide bonds. The first-order valence-corrected chi connectivity index (χ1v) is 5.02. The van der Waals surface area contributed by atoms with Crippen LogP contribution in [0.15, 0.2) is 12.2 Å². The van der Waals surface area contributed by atoms with E-state index < -0.39 is 0 Å². The van der Waals surface area contributed by atoms with E-state index in [2.05, 4.69) is 12.2 Å². The molecule has 5 atom stereocenters. The van der Waals surface area contributed by atoms with Gasteiger partial charge in [-0.1, -0.05) is 12.2 Å². The zero-order chi connectivity index (χ0) is 8.13. The highest BCUT2D eigenvalue weighted by molar-refractivity contribution is 5.55. The molecule has 3 rings (SSSR count). The number of allylic oxidation sites excluding steroid dienone is 2. The second kappa shape index (κ2) is 2.21. The average Bonchev–Trinajstić information content (AvgIpc) is 2.75. The van der Waals surface area contributed by atoms with Gasteiger partial charge in [-0.05, 0) is 42.9 Å². The molecule has 3 aliphatic rings. The van der Waals surface area contributed by atoms with Gasteiger partial charge in [0.25, 0.3) is 0 Å². The van der Waals surface area contributed by atoms with Crippen molar-refractivity contribution in [3.05, 3.63) is 12.2 Å². The summed E-state index contributed by atoms with van der Waals surface area (Å²) in [6.07, 6.45) is 9.69. The van der Waals surface area contributed by atoms with Gasteiger partial charge < -0.3 is 4.79 Å². The van der Waals surface area contributed by atoms with Crippen molar-refractivity contribution in [2.75, 3.05) is 0 Å².